The monoisotopic (exact) mass is 332 g/mol. The first kappa shape index (κ1) is 16.4. The molecule has 1 aliphatic heterocycles. The van der Waals surface area contributed by atoms with Gasteiger partial charge in [0.1, 0.15) is 6.04 Å². The van der Waals surface area contributed by atoms with Gasteiger partial charge in [-0.25, -0.2) is 0 Å². The number of hydrogen-bond acceptors (Lipinski definition) is 2. The van der Waals surface area contributed by atoms with E-state index in [4.69, 9.17) is 0 Å². The highest BCUT2D eigenvalue weighted by molar-refractivity contribution is 5.90. The zero-order valence-electron chi connectivity index (χ0n) is 15.2. The Labute approximate surface area is 145 Å². The first-order chi connectivity index (χ1) is 11.5. The number of rotatable bonds is 3. The Bertz CT molecular complexity index is 494. The van der Waals surface area contributed by atoms with Crippen molar-refractivity contribution in [3.05, 3.63) is 0 Å². The average molecular weight is 332 g/mol. The molecule has 4 aliphatic carbocycles. The van der Waals surface area contributed by atoms with Crippen molar-refractivity contribution in [1.29, 1.82) is 0 Å². The van der Waals surface area contributed by atoms with Crippen LogP contribution in [0.3, 0.4) is 0 Å². The van der Waals surface area contributed by atoms with Crippen LogP contribution in [-0.4, -0.2) is 35.3 Å². The van der Waals surface area contributed by atoms with Crippen LogP contribution in [0.2, 0.25) is 0 Å². The van der Waals surface area contributed by atoms with E-state index in [1.807, 2.05) is 11.8 Å². The Hall–Kier alpha value is -1.06. The van der Waals surface area contributed by atoms with Crippen molar-refractivity contribution in [2.45, 2.75) is 83.7 Å². The summed E-state index contributed by atoms with van der Waals surface area (Å²) < 4.78 is 0. The number of likely N-dealkylation sites (tertiary alicyclic amines) is 1. The fraction of sp³-hybridized carbons (Fsp3) is 0.900. The summed E-state index contributed by atoms with van der Waals surface area (Å²) in [6.45, 7) is 4.85. The van der Waals surface area contributed by atoms with E-state index in [-0.39, 0.29) is 23.3 Å². The summed E-state index contributed by atoms with van der Waals surface area (Å²) in [5.74, 6) is 2.56. The van der Waals surface area contributed by atoms with Crippen molar-refractivity contribution < 1.29 is 9.59 Å². The van der Waals surface area contributed by atoms with Crippen molar-refractivity contribution in [2.75, 3.05) is 6.54 Å². The minimum atomic E-state index is -0.383. The summed E-state index contributed by atoms with van der Waals surface area (Å²) in [6, 6.07) is -0.0730. The Kier molecular flexibility index (Phi) is 4.12. The molecule has 0 aromatic carbocycles. The first-order valence-corrected chi connectivity index (χ1v) is 10.1. The lowest BCUT2D eigenvalue weighted by atomic mass is 9.49. The second-order valence-corrected chi connectivity index (χ2v) is 9.27. The van der Waals surface area contributed by atoms with Crippen LogP contribution in [-0.2, 0) is 9.59 Å². The molecule has 0 radical (unpaired) electrons. The topological polar surface area (TPSA) is 49.4 Å². The molecule has 2 unspecified atom stereocenters. The number of carbonyl (C=O) groups is 2. The molecule has 1 saturated heterocycles. The van der Waals surface area contributed by atoms with Gasteiger partial charge in [0.2, 0.25) is 11.8 Å². The van der Waals surface area contributed by atoms with Gasteiger partial charge in [0.15, 0.2) is 0 Å². The van der Waals surface area contributed by atoms with Gasteiger partial charge >= 0.3 is 0 Å². The highest BCUT2D eigenvalue weighted by Crippen LogP contribution is 2.60. The second-order valence-electron chi connectivity index (χ2n) is 9.27. The van der Waals surface area contributed by atoms with Gasteiger partial charge in [0, 0.05) is 18.0 Å². The molecule has 5 aliphatic rings. The zero-order valence-corrected chi connectivity index (χ0v) is 15.2. The molecule has 0 aromatic rings. The Morgan fingerprint density at radius 3 is 2.17 bits per heavy atom. The van der Waals surface area contributed by atoms with Gasteiger partial charge in [0.05, 0.1) is 0 Å². The fourth-order valence-electron chi connectivity index (χ4n) is 6.47. The SMILES string of the molecule is CC(NC(=O)C12CC3CC(CC(C3)C1)C2)C(=O)N1CCCCC1C. The smallest absolute Gasteiger partial charge is 0.245 e. The Morgan fingerprint density at radius 2 is 1.62 bits per heavy atom. The van der Waals surface area contributed by atoms with Crippen molar-refractivity contribution >= 4 is 11.8 Å². The van der Waals surface area contributed by atoms with Crippen LogP contribution in [0.1, 0.15) is 71.6 Å². The van der Waals surface area contributed by atoms with Gasteiger partial charge in [0.25, 0.3) is 0 Å². The second kappa shape index (κ2) is 6.03. The summed E-state index contributed by atoms with van der Waals surface area (Å²) in [5, 5.41) is 3.12. The minimum Gasteiger partial charge on any atom is -0.344 e. The normalized spacial score (nSPS) is 42.0. The predicted molar refractivity (Wildman–Crippen MR) is 93.2 cm³/mol. The minimum absolute atomic E-state index is 0.111. The number of nitrogens with one attached hydrogen (secondary N) is 1. The van der Waals surface area contributed by atoms with Crippen LogP contribution < -0.4 is 5.32 Å². The maximum Gasteiger partial charge on any atom is 0.245 e. The molecular formula is C20H32N2O2. The lowest BCUT2D eigenvalue weighted by Gasteiger charge is -2.55. The van der Waals surface area contributed by atoms with E-state index in [2.05, 4.69) is 12.2 Å². The van der Waals surface area contributed by atoms with Crippen LogP contribution in [0.15, 0.2) is 0 Å². The standard InChI is InChI=1S/C20H32N2O2/c1-13-5-3-4-6-22(13)18(23)14(2)21-19(24)20-10-15-7-16(11-20)9-17(8-15)12-20/h13-17H,3-12H2,1-2H3,(H,21,24). The van der Waals surface area contributed by atoms with Gasteiger partial charge in [-0.15, -0.1) is 0 Å². The molecule has 2 atom stereocenters. The van der Waals surface area contributed by atoms with E-state index in [1.165, 1.54) is 25.7 Å². The molecule has 2 amide bonds. The van der Waals surface area contributed by atoms with Crippen LogP contribution in [0, 0.1) is 23.2 Å². The van der Waals surface area contributed by atoms with Gasteiger partial charge in [-0.1, -0.05) is 0 Å². The number of hydrogen-bond donors (Lipinski definition) is 1. The zero-order chi connectivity index (χ0) is 16.9. The van der Waals surface area contributed by atoms with Crippen LogP contribution in [0.25, 0.3) is 0 Å². The molecular weight excluding hydrogens is 300 g/mol. The number of piperidine rings is 1. The third-order valence-corrected chi connectivity index (χ3v) is 7.32. The maximum atomic E-state index is 13.1. The van der Waals surface area contributed by atoms with Crippen molar-refractivity contribution in [3.8, 4) is 0 Å². The molecule has 1 N–H and O–H groups in total. The number of carbonyl (C=O) groups excluding carboxylic acids is 2. The van der Waals surface area contributed by atoms with Gasteiger partial charge in [-0.05, 0) is 89.4 Å². The molecule has 4 nitrogen and oxygen atoms in total. The summed E-state index contributed by atoms with van der Waals surface area (Å²) in [7, 11) is 0. The molecule has 134 valence electrons. The molecule has 4 heteroatoms. The predicted octanol–water partition coefficient (Wildman–Crippen LogP) is 3.11. The van der Waals surface area contributed by atoms with E-state index in [9.17, 15) is 9.59 Å². The maximum absolute atomic E-state index is 13.1. The third kappa shape index (κ3) is 2.76. The molecule has 5 rings (SSSR count). The number of amides is 2. The Balaban J connectivity index is 1.41. The van der Waals surface area contributed by atoms with E-state index < -0.39 is 0 Å². The van der Waals surface area contributed by atoms with Crippen molar-refractivity contribution in [3.63, 3.8) is 0 Å². The summed E-state index contributed by atoms with van der Waals surface area (Å²) in [5.41, 5.74) is -0.156. The van der Waals surface area contributed by atoms with Crippen LogP contribution in [0.4, 0.5) is 0 Å². The first-order valence-electron chi connectivity index (χ1n) is 10.1. The summed E-state index contributed by atoms with van der Waals surface area (Å²) in [6.07, 6.45) is 10.6. The number of nitrogens with zero attached hydrogens (tertiary/aromatic N) is 1. The van der Waals surface area contributed by atoms with Crippen molar-refractivity contribution in [1.82, 2.24) is 10.2 Å². The quantitative estimate of drug-likeness (QED) is 0.863. The van der Waals surface area contributed by atoms with Crippen molar-refractivity contribution in [2.24, 2.45) is 23.2 Å². The van der Waals surface area contributed by atoms with E-state index in [0.717, 1.165) is 56.4 Å². The molecule has 5 fully saturated rings. The Morgan fingerprint density at radius 1 is 1.04 bits per heavy atom. The van der Waals surface area contributed by atoms with Crippen LogP contribution >= 0.6 is 0 Å². The third-order valence-electron chi connectivity index (χ3n) is 7.32. The van der Waals surface area contributed by atoms with Gasteiger partial charge < -0.3 is 10.2 Å². The van der Waals surface area contributed by atoms with Gasteiger partial charge in [-0.3, -0.25) is 9.59 Å². The molecule has 0 spiro atoms. The summed E-state index contributed by atoms with van der Waals surface area (Å²) >= 11 is 0. The molecule has 1 heterocycles. The van der Waals surface area contributed by atoms with Gasteiger partial charge in [-0.2, -0.15) is 0 Å². The van der Waals surface area contributed by atoms with E-state index in [1.54, 1.807) is 0 Å². The lowest BCUT2D eigenvalue weighted by molar-refractivity contribution is -0.150. The van der Waals surface area contributed by atoms with E-state index >= 15 is 0 Å². The largest absolute Gasteiger partial charge is 0.344 e. The molecule has 4 saturated carbocycles. The molecule has 4 bridgehead atoms. The van der Waals surface area contributed by atoms with E-state index in [0.29, 0.717) is 6.04 Å². The van der Waals surface area contributed by atoms with Crippen LogP contribution in [0.5, 0.6) is 0 Å². The molecule has 0 aromatic heterocycles. The fourth-order valence-corrected chi connectivity index (χ4v) is 6.47. The highest BCUT2D eigenvalue weighted by atomic mass is 16.2. The summed E-state index contributed by atoms with van der Waals surface area (Å²) in [4.78, 5) is 27.9. The molecule has 24 heavy (non-hydrogen) atoms. The lowest BCUT2D eigenvalue weighted by Crippen LogP contribution is -2.58. The average Bonchev–Trinajstić information content (AvgIpc) is 2.53. The highest BCUT2D eigenvalue weighted by Gasteiger charge is 2.54.